The van der Waals surface area contributed by atoms with Crippen LogP contribution in [0, 0.1) is 0 Å². The van der Waals surface area contributed by atoms with E-state index in [9.17, 15) is 9.90 Å². The zero-order valence-corrected chi connectivity index (χ0v) is 20.9. The molecule has 0 unspecified atom stereocenters. The molecule has 4 aromatic rings. The Balaban J connectivity index is 1.77. The lowest BCUT2D eigenvalue weighted by atomic mass is 9.86. The number of aliphatic carboxylic acids is 1. The average Bonchev–Trinajstić information content (AvgIpc) is 3.26. The fourth-order valence-electron chi connectivity index (χ4n) is 3.91. The molecule has 0 saturated heterocycles. The average molecular weight is 489 g/mol. The first kappa shape index (κ1) is 24.6. The molecule has 0 aliphatic heterocycles. The highest BCUT2D eigenvalue weighted by Gasteiger charge is 2.20. The van der Waals surface area contributed by atoms with Crippen LogP contribution < -0.4 is 4.74 Å². The van der Waals surface area contributed by atoms with Crippen LogP contribution in [-0.4, -0.2) is 27.5 Å². The predicted molar refractivity (Wildman–Crippen MR) is 140 cm³/mol. The molecule has 0 saturated carbocycles. The summed E-state index contributed by atoms with van der Waals surface area (Å²) in [5.41, 5.74) is 5.62. The van der Waals surface area contributed by atoms with Gasteiger partial charge in [0.2, 0.25) is 0 Å². The first-order valence-electron chi connectivity index (χ1n) is 11.6. The second-order valence-corrected chi connectivity index (χ2v) is 9.96. The molecule has 0 aliphatic rings. The van der Waals surface area contributed by atoms with Crippen molar-refractivity contribution in [2.45, 2.75) is 39.2 Å². The number of aromatic nitrogens is 2. The van der Waals surface area contributed by atoms with Crippen LogP contribution in [0.25, 0.3) is 22.5 Å². The maximum atomic E-state index is 11.2. The number of benzene rings is 3. The minimum absolute atomic E-state index is 0.108. The topological polar surface area (TPSA) is 64.4 Å². The van der Waals surface area contributed by atoms with Crippen molar-refractivity contribution in [3.63, 3.8) is 0 Å². The number of hydrogen-bond donors (Lipinski definition) is 1. The molecule has 1 heterocycles. The van der Waals surface area contributed by atoms with Crippen molar-refractivity contribution in [2.24, 2.45) is 0 Å². The number of carbonyl (C=O) groups is 1. The molecule has 3 aromatic carbocycles. The van der Waals surface area contributed by atoms with Crippen molar-refractivity contribution in [3.05, 3.63) is 95.0 Å². The molecule has 5 nitrogen and oxygen atoms in total. The number of halogens is 1. The number of carboxylic acid groups (broad SMARTS) is 1. The summed E-state index contributed by atoms with van der Waals surface area (Å²) in [6.07, 6.45) is 0.827. The Hall–Kier alpha value is -3.57. The lowest BCUT2D eigenvalue weighted by Crippen LogP contribution is -2.13. The van der Waals surface area contributed by atoms with Gasteiger partial charge < -0.3 is 9.84 Å². The van der Waals surface area contributed by atoms with Crippen LogP contribution in [0.1, 0.15) is 31.9 Å². The molecular formula is C29H29ClN2O3. The van der Waals surface area contributed by atoms with Crippen LogP contribution >= 0.6 is 11.6 Å². The van der Waals surface area contributed by atoms with Crippen molar-refractivity contribution in [3.8, 4) is 28.3 Å². The van der Waals surface area contributed by atoms with Gasteiger partial charge in [-0.15, -0.1) is 0 Å². The number of aryl methyl sites for hydroxylation is 2. The van der Waals surface area contributed by atoms with Gasteiger partial charge in [-0.25, -0.2) is 4.79 Å². The molecule has 1 N–H and O–H groups in total. The smallest absolute Gasteiger partial charge is 0.341 e. The van der Waals surface area contributed by atoms with Gasteiger partial charge in [-0.2, -0.15) is 5.10 Å². The van der Waals surface area contributed by atoms with Gasteiger partial charge in [-0.1, -0.05) is 80.9 Å². The fraction of sp³-hybridized carbons (Fsp3) is 0.241. The molecule has 0 bridgehead atoms. The monoisotopic (exact) mass is 488 g/mol. The van der Waals surface area contributed by atoms with Crippen LogP contribution in [0.5, 0.6) is 5.75 Å². The van der Waals surface area contributed by atoms with E-state index in [-0.39, 0.29) is 5.41 Å². The Morgan fingerprint density at radius 2 is 1.71 bits per heavy atom. The first-order valence-corrected chi connectivity index (χ1v) is 12.0. The van der Waals surface area contributed by atoms with E-state index >= 15 is 0 Å². The molecule has 0 aliphatic carbocycles. The number of nitrogens with zero attached hydrogens (tertiary/aromatic N) is 2. The van der Waals surface area contributed by atoms with Gasteiger partial charge in [-0.05, 0) is 58.9 Å². The molecule has 6 heteroatoms. The fourth-order valence-corrected chi connectivity index (χ4v) is 4.04. The van der Waals surface area contributed by atoms with E-state index < -0.39 is 12.6 Å². The van der Waals surface area contributed by atoms with Crippen molar-refractivity contribution < 1.29 is 14.6 Å². The van der Waals surface area contributed by atoms with E-state index in [0.717, 1.165) is 34.5 Å². The van der Waals surface area contributed by atoms with Gasteiger partial charge in [-0.3, -0.25) is 4.68 Å². The van der Waals surface area contributed by atoms with Gasteiger partial charge in [0.05, 0.1) is 11.4 Å². The summed E-state index contributed by atoms with van der Waals surface area (Å²) in [5, 5.41) is 14.8. The molecule has 0 amide bonds. The molecule has 1 aromatic heterocycles. The lowest BCUT2D eigenvalue weighted by Gasteiger charge is -2.21. The summed E-state index contributed by atoms with van der Waals surface area (Å²) in [4.78, 5) is 11.2. The first-order chi connectivity index (χ1) is 16.7. The maximum Gasteiger partial charge on any atom is 0.341 e. The Bertz CT molecular complexity index is 1310. The zero-order valence-electron chi connectivity index (χ0n) is 20.2. The van der Waals surface area contributed by atoms with Gasteiger partial charge in [0.25, 0.3) is 0 Å². The predicted octanol–water partition coefficient (Wildman–Crippen LogP) is 6.87. The highest BCUT2D eigenvalue weighted by molar-refractivity contribution is 6.30. The van der Waals surface area contributed by atoms with Gasteiger partial charge in [0.15, 0.2) is 6.61 Å². The summed E-state index contributed by atoms with van der Waals surface area (Å²) in [5.74, 6) is -0.512. The van der Waals surface area contributed by atoms with Crippen LogP contribution in [0.2, 0.25) is 5.02 Å². The number of rotatable bonds is 8. The second-order valence-electron chi connectivity index (χ2n) is 9.52. The van der Waals surface area contributed by atoms with Crippen LogP contribution in [-0.2, 0) is 23.2 Å². The van der Waals surface area contributed by atoms with Crippen molar-refractivity contribution in [1.29, 1.82) is 0 Å². The molecule has 0 spiro atoms. The third-order valence-corrected chi connectivity index (χ3v) is 6.10. The van der Waals surface area contributed by atoms with Crippen molar-refractivity contribution in [2.75, 3.05) is 6.61 Å². The summed E-state index contributed by atoms with van der Waals surface area (Å²) in [6, 6.07) is 25.9. The van der Waals surface area contributed by atoms with Crippen molar-refractivity contribution >= 4 is 17.6 Å². The van der Waals surface area contributed by atoms with Crippen LogP contribution in [0.4, 0.5) is 0 Å². The standard InChI is InChI=1S/C29H29ClN2O3/c1-29(2,3)22-11-14-24(27(17-22)35-19-28(33)34)25-18-26(21-9-12-23(30)13-10-21)32(31-25)16-15-20-7-5-4-6-8-20/h4-14,17-18H,15-16,19H2,1-3H3,(H,33,34). The van der Waals surface area contributed by atoms with E-state index in [1.165, 1.54) is 5.56 Å². The summed E-state index contributed by atoms with van der Waals surface area (Å²) in [7, 11) is 0. The third kappa shape index (κ3) is 6.11. The Labute approximate surface area is 211 Å². The SMILES string of the molecule is CC(C)(C)c1ccc(-c2cc(-c3ccc(Cl)cc3)n(CCc3ccccc3)n2)c(OCC(=O)O)c1. The minimum Gasteiger partial charge on any atom is -0.481 e. The molecular weight excluding hydrogens is 460 g/mol. The zero-order chi connectivity index (χ0) is 25.0. The highest BCUT2D eigenvalue weighted by Crippen LogP contribution is 2.36. The Morgan fingerprint density at radius 3 is 2.37 bits per heavy atom. The summed E-state index contributed by atoms with van der Waals surface area (Å²) < 4.78 is 7.71. The van der Waals surface area contributed by atoms with E-state index in [4.69, 9.17) is 21.4 Å². The van der Waals surface area contributed by atoms with Crippen LogP contribution in [0.15, 0.2) is 78.9 Å². The molecule has 0 atom stereocenters. The van der Waals surface area contributed by atoms with E-state index in [1.54, 1.807) is 0 Å². The summed E-state index contributed by atoms with van der Waals surface area (Å²) in [6.45, 7) is 6.60. The van der Waals surface area contributed by atoms with E-state index in [2.05, 4.69) is 32.9 Å². The normalized spacial score (nSPS) is 11.4. The minimum atomic E-state index is -1.02. The third-order valence-electron chi connectivity index (χ3n) is 5.85. The van der Waals surface area contributed by atoms with Gasteiger partial charge in [0, 0.05) is 17.1 Å². The number of carboxylic acids is 1. The second kappa shape index (κ2) is 10.4. The van der Waals surface area contributed by atoms with Gasteiger partial charge >= 0.3 is 5.97 Å². The molecule has 35 heavy (non-hydrogen) atoms. The quantitative estimate of drug-likeness (QED) is 0.294. The lowest BCUT2D eigenvalue weighted by molar-refractivity contribution is -0.139. The van der Waals surface area contributed by atoms with Gasteiger partial charge in [0.1, 0.15) is 5.75 Å². The van der Waals surface area contributed by atoms with Crippen molar-refractivity contribution in [1.82, 2.24) is 9.78 Å². The van der Waals surface area contributed by atoms with E-state index in [0.29, 0.717) is 17.3 Å². The number of ether oxygens (including phenoxy) is 1. The molecule has 4 rings (SSSR count). The number of hydrogen-bond acceptors (Lipinski definition) is 3. The maximum absolute atomic E-state index is 11.2. The molecule has 180 valence electrons. The molecule has 0 fully saturated rings. The van der Waals surface area contributed by atoms with Crippen LogP contribution in [0.3, 0.4) is 0 Å². The highest BCUT2D eigenvalue weighted by atomic mass is 35.5. The Morgan fingerprint density at radius 1 is 1.00 bits per heavy atom. The summed E-state index contributed by atoms with van der Waals surface area (Å²) >= 11 is 6.13. The molecule has 0 radical (unpaired) electrons. The largest absolute Gasteiger partial charge is 0.481 e. The Kier molecular flexibility index (Phi) is 7.27. The van der Waals surface area contributed by atoms with E-state index in [1.807, 2.05) is 71.4 Å².